The average molecular weight is 366 g/mol. The Labute approximate surface area is 142 Å². The SMILES string of the molecule is Cc1cc(F)ccc1S(=O)(=O)N(C)CC(=O)N1CCNCC1.Cl. The molecule has 0 radical (unpaired) electrons. The van der Waals surface area contributed by atoms with Crippen molar-refractivity contribution in [3.05, 3.63) is 29.6 Å². The zero-order valence-corrected chi connectivity index (χ0v) is 14.7. The van der Waals surface area contributed by atoms with Crippen LogP contribution in [-0.2, 0) is 14.8 Å². The highest BCUT2D eigenvalue weighted by molar-refractivity contribution is 7.89. The molecule has 1 amide bonds. The van der Waals surface area contributed by atoms with Crippen LogP contribution in [0.3, 0.4) is 0 Å². The van der Waals surface area contributed by atoms with Gasteiger partial charge in [0, 0.05) is 33.2 Å². The Morgan fingerprint density at radius 2 is 1.96 bits per heavy atom. The summed E-state index contributed by atoms with van der Waals surface area (Å²) in [5.74, 6) is -0.719. The molecule has 0 aromatic heterocycles. The predicted molar refractivity (Wildman–Crippen MR) is 87.7 cm³/mol. The summed E-state index contributed by atoms with van der Waals surface area (Å²) in [6.45, 7) is 3.87. The summed E-state index contributed by atoms with van der Waals surface area (Å²) in [7, 11) is -2.46. The van der Waals surface area contributed by atoms with Gasteiger partial charge in [-0.1, -0.05) is 0 Å². The Bertz CT molecular complexity index is 663. The molecule has 0 aliphatic carbocycles. The fraction of sp³-hybridized carbons (Fsp3) is 0.500. The maximum atomic E-state index is 13.1. The molecule has 1 heterocycles. The highest BCUT2D eigenvalue weighted by Gasteiger charge is 2.27. The Kier molecular flexibility index (Phi) is 6.94. The van der Waals surface area contributed by atoms with E-state index in [1.165, 1.54) is 26.1 Å². The molecule has 1 saturated heterocycles. The van der Waals surface area contributed by atoms with Crippen molar-refractivity contribution in [2.75, 3.05) is 39.8 Å². The first-order valence-electron chi connectivity index (χ1n) is 7.03. The van der Waals surface area contributed by atoms with Crippen molar-refractivity contribution in [2.24, 2.45) is 0 Å². The summed E-state index contributed by atoms with van der Waals surface area (Å²) in [6.07, 6.45) is 0. The number of amides is 1. The standard InChI is InChI=1S/C14H20FN3O3S.ClH/c1-11-9-12(15)3-4-13(11)22(20,21)17(2)10-14(19)18-7-5-16-6-8-18;/h3-4,9,16H,5-8,10H2,1-2H3;1H. The highest BCUT2D eigenvalue weighted by atomic mass is 35.5. The predicted octanol–water partition coefficient (Wildman–Crippen LogP) is 0.608. The van der Waals surface area contributed by atoms with Gasteiger partial charge in [0.1, 0.15) is 5.82 Å². The quantitative estimate of drug-likeness (QED) is 0.848. The number of halogens is 2. The summed E-state index contributed by atoms with van der Waals surface area (Å²) in [6, 6.07) is 3.50. The number of rotatable bonds is 4. The monoisotopic (exact) mass is 365 g/mol. The minimum Gasteiger partial charge on any atom is -0.339 e. The van der Waals surface area contributed by atoms with Gasteiger partial charge < -0.3 is 10.2 Å². The van der Waals surface area contributed by atoms with Gasteiger partial charge in [0.2, 0.25) is 15.9 Å². The normalized spacial score (nSPS) is 15.4. The van der Waals surface area contributed by atoms with E-state index in [9.17, 15) is 17.6 Å². The van der Waals surface area contributed by atoms with Crippen LogP contribution in [0.2, 0.25) is 0 Å². The minimum atomic E-state index is -3.82. The van der Waals surface area contributed by atoms with Gasteiger partial charge in [0.15, 0.2) is 0 Å². The lowest BCUT2D eigenvalue weighted by molar-refractivity contribution is -0.131. The Balaban J connectivity index is 0.00000264. The molecular formula is C14H21ClFN3O3S. The van der Waals surface area contributed by atoms with E-state index in [-0.39, 0.29) is 29.8 Å². The van der Waals surface area contributed by atoms with Crippen molar-refractivity contribution in [1.29, 1.82) is 0 Å². The number of nitrogens with one attached hydrogen (secondary N) is 1. The van der Waals surface area contributed by atoms with Crippen molar-refractivity contribution in [2.45, 2.75) is 11.8 Å². The maximum Gasteiger partial charge on any atom is 0.243 e. The summed E-state index contributed by atoms with van der Waals surface area (Å²) < 4.78 is 39.1. The van der Waals surface area contributed by atoms with Gasteiger partial charge in [-0.2, -0.15) is 4.31 Å². The summed E-state index contributed by atoms with van der Waals surface area (Å²) in [4.78, 5) is 13.8. The minimum absolute atomic E-state index is 0. The Hall–Kier alpha value is -1.22. The number of likely N-dealkylation sites (N-methyl/N-ethyl adjacent to an activating group) is 1. The molecule has 2 rings (SSSR count). The number of aryl methyl sites for hydroxylation is 1. The number of benzene rings is 1. The molecule has 1 fully saturated rings. The Morgan fingerprint density at radius 3 is 2.52 bits per heavy atom. The molecule has 1 aliphatic heterocycles. The fourth-order valence-electron chi connectivity index (χ4n) is 2.36. The average Bonchev–Trinajstić information content (AvgIpc) is 2.47. The second-order valence-corrected chi connectivity index (χ2v) is 7.31. The number of nitrogens with zero attached hydrogens (tertiary/aromatic N) is 2. The number of hydrogen-bond donors (Lipinski definition) is 1. The molecular weight excluding hydrogens is 345 g/mol. The highest BCUT2D eigenvalue weighted by Crippen LogP contribution is 2.19. The first kappa shape index (κ1) is 19.8. The van der Waals surface area contributed by atoms with Crippen LogP contribution in [0.15, 0.2) is 23.1 Å². The maximum absolute atomic E-state index is 13.1. The summed E-state index contributed by atoms with van der Waals surface area (Å²) in [5, 5.41) is 3.13. The van der Waals surface area contributed by atoms with Crippen LogP contribution in [-0.4, -0.2) is 63.3 Å². The number of sulfonamides is 1. The van der Waals surface area contributed by atoms with Crippen LogP contribution >= 0.6 is 12.4 Å². The van der Waals surface area contributed by atoms with Crippen LogP contribution in [0.25, 0.3) is 0 Å². The number of carbonyl (C=O) groups excluding carboxylic acids is 1. The zero-order valence-electron chi connectivity index (χ0n) is 13.1. The molecule has 0 unspecified atom stereocenters. The van der Waals surface area contributed by atoms with Gasteiger partial charge in [-0.15, -0.1) is 12.4 Å². The van der Waals surface area contributed by atoms with Crippen LogP contribution in [0.5, 0.6) is 0 Å². The van der Waals surface area contributed by atoms with Crippen molar-refractivity contribution in [1.82, 2.24) is 14.5 Å². The molecule has 1 N–H and O–H groups in total. The van der Waals surface area contributed by atoms with E-state index >= 15 is 0 Å². The summed E-state index contributed by atoms with van der Waals surface area (Å²) in [5.41, 5.74) is 0.321. The molecule has 0 spiro atoms. The molecule has 23 heavy (non-hydrogen) atoms. The van der Waals surface area contributed by atoms with Gasteiger partial charge in [-0.05, 0) is 30.7 Å². The van der Waals surface area contributed by atoms with Gasteiger partial charge in [-0.3, -0.25) is 4.79 Å². The van der Waals surface area contributed by atoms with E-state index in [4.69, 9.17) is 0 Å². The van der Waals surface area contributed by atoms with E-state index in [0.717, 1.165) is 10.4 Å². The van der Waals surface area contributed by atoms with E-state index < -0.39 is 15.8 Å². The second-order valence-electron chi connectivity index (χ2n) is 5.30. The fourth-order valence-corrected chi connectivity index (χ4v) is 3.68. The first-order valence-corrected chi connectivity index (χ1v) is 8.47. The van der Waals surface area contributed by atoms with Gasteiger partial charge in [-0.25, -0.2) is 12.8 Å². The first-order chi connectivity index (χ1) is 10.3. The second kappa shape index (κ2) is 8.05. The van der Waals surface area contributed by atoms with E-state index in [1.54, 1.807) is 4.90 Å². The lowest BCUT2D eigenvalue weighted by Crippen LogP contribution is -2.49. The van der Waals surface area contributed by atoms with Crippen LogP contribution in [0.4, 0.5) is 4.39 Å². The molecule has 0 saturated carbocycles. The zero-order chi connectivity index (χ0) is 16.3. The van der Waals surface area contributed by atoms with Crippen molar-refractivity contribution in [3.63, 3.8) is 0 Å². The van der Waals surface area contributed by atoms with Crippen molar-refractivity contribution < 1.29 is 17.6 Å². The van der Waals surface area contributed by atoms with E-state index in [2.05, 4.69) is 5.32 Å². The van der Waals surface area contributed by atoms with Crippen LogP contribution in [0.1, 0.15) is 5.56 Å². The molecule has 6 nitrogen and oxygen atoms in total. The lowest BCUT2D eigenvalue weighted by Gasteiger charge is -2.29. The lowest BCUT2D eigenvalue weighted by atomic mass is 10.2. The van der Waals surface area contributed by atoms with Gasteiger partial charge in [0.25, 0.3) is 0 Å². The van der Waals surface area contributed by atoms with E-state index in [1.807, 2.05) is 0 Å². The smallest absolute Gasteiger partial charge is 0.243 e. The third kappa shape index (κ3) is 4.63. The molecule has 0 atom stereocenters. The third-order valence-electron chi connectivity index (χ3n) is 3.65. The van der Waals surface area contributed by atoms with Gasteiger partial charge >= 0.3 is 0 Å². The largest absolute Gasteiger partial charge is 0.339 e. The number of hydrogen-bond acceptors (Lipinski definition) is 4. The van der Waals surface area contributed by atoms with Crippen molar-refractivity contribution >= 4 is 28.3 Å². The van der Waals surface area contributed by atoms with Crippen LogP contribution < -0.4 is 5.32 Å². The number of piperazine rings is 1. The molecule has 1 aromatic carbocycles. The molecule has 130 valence electrons. The molecule has 9 heteroatoms. The third-order valence-corrected chi connectivity index (χ3v) is 5.62. The molecule has 0 bridgehead atoms. The van der Waals surface area contributed by atoms with E-state index in [0.29, 0.717) is 31.7 Å². The topological polar surface area (TPSA) is 69.7 Å². The van der Waals surface area contributed by atoms with Crippen molar-refractivity contribution in [3.8, 4) is 0 Å². The number of carbonyl (C=O) groups is 1. The Morgan fingerprint density at radius 1 is 1.35 bits per heavy atom. The molecule has 1 aromatic rings. The summed E-state index contributed by atoms with van der Waals surface area (Å²) >= 11 is 0. The van der Waals surface area contributed by atoms with Crippen LogP contribution in [0, 0.1) is 12.7 Å². The molecule has 1 aliphatic rings. The van der Waals surface area contributed by atoms with Gasteiger partial charge in [0.05, 0.1) is 11.4 Å².